The van der Waals surface area contributed by atoms with Crippen molar-refractivity contribution in [1.82, 2.24) is 14.7 Å². The minimum absolute atomic E-state index is 0.306. The highest BCUT2D eigenvalue weighted by Crippen LogP contribution is 2.35. The standard InChI is InChI=1S/C27H23N3O3/c1-17-26(18(2)33-29-17)22-12-23-24(20-9-6-10-21(11-20)25(32)16-31)15-30(27(23)28-13-22)14-19-7-4-3-5-8-19/h3-13,15,31H,14,16H2,1-2H3. The van der Waals surface area contributed by atoms with Crippen molar-refractivity contribution in [2.75, 3.05) is 6.61 Å². The topological polar surface area (TPSA) is 81.2 Å². The van der Waals surface area contributed by atoms with Gasteiger partial charge in [0.25, 0.3) is 0 Å². The average molecular weight is 437 g/mol. The number of fused-ring (bicyclic) bond motifs is 1. The molecule has 3 heterocycles. The molecule has 2 aromatic carbocycles. The van der Waals surface area contributed by atoms with Crippen LogP contribution in [0.4, 0.5) is 0 Å². The maximum Gasteiger partial charge on any atom is 0.188 e. The number of rotatable bonds is 6. The molecule has 164 valence electrons. The zero-order valence-corrected chi connectivity index (χ0v) is 18.4. The van der Waals surface area contributed by atoms with E-state index in [0.29, 0.717) is 12.1 Å². The molecule has 0 atom stereocenters. The van der Waals surface area contributed by atoms with Crippen LogP contribution in [-0.2, 0) is 6.54 Å². The summed E-state index contributed by atoms with van der Waals surface area (Å²) in [5.74, 6) is 0.439. The Bertz CT molecular complexity index is 1450. The Balaban J connectivity index is 1.71. The highest BCUT2D eigenvalue weighted by Gasteiger charge is 2.18. The van der Waals surface area contributed by atoms with Gasteiger partial charge in [-0.25, -0.2) is 4.98 Å². The molecule has 0 saturated carbocycles. The first-order chi connectivity index (χ1) is 16.0. The second-order valence-electron chi connectivity index (χ2n) is 8.11. The first-order valence-electron chi connectivity index (χ1n) is 10.8. The number of pyridine rings is 1. The molecule has 0 bridgehead atoms. The Morgan fingerprint density at radius 3 is 2.58 bits per heavy atom. The second-order valence-corrected chi connectivity index (χ2v) is 8.11. The van der Waals surface area contributed by atoms with Crippen LogP contribution in [0.25, 0.3) is 33.3 Å². The van der Waals surface area contributed by atoms with Crippen molar-refractivity contribution < 1.29 is 14.4 Å². The molecule has 1 N–H and O–H groups in total. The molecule has 0 aliphatic rings. The minimum Gasteiger partial charge on any atom is -0.388 e. The van der Waals surface area contributed by atoms with Crippen molar-refractivity contribution in [3.05, 3.63) is 95.6 Å². The summed E-state index contributed by atoms with van der Waals surface area (Å²) in [6.07, 6.45) is 3.93. The summed E-state index contributed by atoms with van der Waals surface area (Å²) in [7, 11) is 0. The van der Waals surface area contributed by atoms with Gasteiger partial charge in [0, 0.05) is 46.6 Å². The third-order valence-electron chi connectivity index (χ3n) is 5.87. The molecule has 0 spiro atoms. The number of ketones is 1. The SMILES string of the molecule is Cc1noc(C)c1-c1cnc2c(c1)c(-c1cccc(C(=O)CO)c1)cn2Cc1ccccc1. The van der Waals surface area contributed by atoms with Crippen LogP contribution < -0.4 is 0 Å². The van der Waals surface area contributed by atoms with Crippen molar-refractivity contribution in [2.24, 2.45) is 0 Å². The zero-order chi connectivity index (χ0) is 22.9. The Morgan fingerprint density at radius 1 is 1.03 bits per heavy atom. The van der Waals surface area contributed by atoms with Gasteiger partial charge < -0.3 is 14.2 Å². The fourth-order valence-corrected chi connectivity index (χ4v) is 4.29. The van der Waals surface area contributed by atoms with Gasteiger partial charge in [-0.15, -0.1) is 0 Å². The molecule has 3 aromatic heterocycles. The highest BCUT2D eigenvalue weighted by molar-refractivity contribution is 6.01. The van der Waals surface area contributed by atoms with Crippen LogP contribution in [-0.4, -0.2) is 32.2 Å². The monoisotopic (exact) mass is 437 g/mol. The maximum atomic E-state index is 12.1. The molecule has 0 aliphatic heterocycles. The molecule has 0 amide bonds. The molecular formula is C27H23N3O3. The number of Topliss-reactive ketones (excluding diaryl/α,β-unsaturated/α-hetero) is 1. The second kappa shape index (κ2) is 8.48. The lowest BCUT2D eigenvalue weighted by molar-refractivity contribution is 0.0904. The predicted molar refractivity (Wildman–Crippen MR) is 127 cm³/mol. The summed E-state index contributed by atoms with van der Waals surface area (Å²) in [5, 5.41) is 14.4. The fourth-order valence-electron chi connectivity index (χ4n) is 4.29. The first kappa shape index (κ1) is 20.8. The third-order valence-corrected chi connectivity index (χ3v) is 5.87. The summed E-state index contributed by atoms with van der Waals surface area (Å²) < 4.78 is 7.49. The minimum atomic E-state index is -0.517. The quantitative estimate of drug-likeness (QED) is 0.369. The van der Waals surface area contributed by atoms with Crippen LogP contribution in [0, 0.1) is 13.8 Å². The van der Waals surface area contributed by atoms with Crippen LogP contribution in [0.1, 0.15) is 27.4 Å². The van der Waals surface area contributed by atoms with Crippen LogP contribution in [0.5, 0.6) is 0 Å². The van der Waals surface area contributed by atoms with E-state index in [4.69, 9.17) is 9.51 Å². The van der Waals surface area contributed by atoms with Crippen LogP contribution in [0.15, 0.2) is 77.6 Å². The number of hydrogen-bond donors (Lipinski definition) is 1. The Hall–Kier alpha value is -4.03. The predicted octanol–water partition coefficient (Wildman–Crippen LogP) is 5.20. The molecule has 6 heteroatoms. The summed E-state index contributed by atoms with van der Waals surface area (Å²) in [5.41, 5.74) is 7.04. The van der Waals surface area contributed by atoms with Gasteiger partial charge in [0.05, 0.1) is 5.69 Å². The Morgan fingerprint density at radius 2 is 1.85 bits per heavy atom. The zero-order valence-electron chi connectivity index (χ0n) is 18.4. The van der Waals surface area contributed by atoms with Gasteiger partial charge in [0.15, 0.2) is 5.78 Å². The molecule has 33 heavy (non-hydrogen) atoms. The lowest BCUT2D eigenvalue weighted by Crippen LogP contribution is -2.03. The van der Waals surface area contributed by atoms with Gasteiger partial charge in [0.2, 0.25) is 0 Å². The molecule has 5 aromatic rings. The van der Waals surface area contributed by atoms with E-state index < -0.39 is 6.61 Å². The van der Waals surface area contributed by atoms with Gasteiger partial charge in [-0.1, -0.05) is 53.7 Å². The number of aryl methyl sites for hydroxylation is 2. The van der Waals surface area contributed by atoms with Gasteiger partial charge >= 0.3 is 0 Å². The smallest absolute Gasteiger partial charge is 0.188 e. The number of nitrogens with zero attached hydrogens (tertiary/aromatic N) is 3. The molecule has 5 rings (SSSR count). The number of aliphatic hydroxyl groups excluding tert-OH is 1. The number of benzene rings is 2. The highest BCUT2D eigenvalue weighted by atomic mass is 16.5. The lowest BCUT2D eigenvalue weighted by Gasteiger charge is -2.06. The summed E-state index contributed by atoms with van der Waals surface area (Å²) in [6.45, 7) is 3.97. The van der Waals surface area contributed by atoms with E-state index in [-0.39, 0.29) is 5.78 Å². The van der Waals surface area contributed by atoms with Crippen molar-refractivity contribution in [3.8, 4) is 22.3 Å². The number of hydrogen-bond acceptors (Lipinski definition) is 5. The molecule has 0 aliphatic carbocycles. The molecule has 0 fully saturated rings. The number of carbonyl (C=O) groups excluding carboxylic acids is 1. The summed E-state index contributed by atoms with van der Waals surface area (Å²) in [6, 6.07) is 19.7. The number of carbonyl (C=O) groups is 1. The summed E-state index contributed by atoms with van der Waals surface area (Å²) in [4.78, 5) is 16.9. The third kappa shape index (κ3) is 3.85. The van der Waals surface area contributed by atoms with Crippen LogP contribution >= 0.6 is 0 Å². The van der Waals surface area contributed by atoms with Gasteiger partial charge in [-0.05, 0) is 37.1 Å². The first-order valence-corrected chi connectivity index (χ1v) is 10.8. The van der Waals surface area contributed by atoms with Gasteiger partial charge in [-0.2, -0.15) is 0 Å². The van der Waals surface area contributed by atoms with E-state index in [0.717, 1.165) is 44.7 Å². The van der Waals surface area contributed by atoms with Crippen molar-refractivity contribution in [3.63, 3.8) is 0 Å². The Kier molecular flexibility index (Phi) is 5.36. The normalized spacial score (nSPS) is 11.2. The summed E-state index contributed by atoms with van der Waals surface area (Å²) >= 11 is 0. The van der Waals surface area contributed by atoms with E-state index in [9.17, 15) is 9.90 Å². The van der Waals surface area contributed by atoms with Crippen LogP contribution in [0.2, 0.25) is 0 Å². The molecule has 0 radical (unpaired) electrons. The molecule has 0 saturated heterocycles. The average Bonchev–Trinajstić information content (AvgIpc) is 3.38. The van der Waals surface area contributed by atoms with E-state index in [1.807, 2.05) is 56.4 Å². The van der Waals surface area contributed by atoms with Crippen molar-refractivity contribution in [1.29, 1.82) is 0 Å². The van der Waals surface area contributed by atoms with E-state index >= 15 is 0 Å². The molecule has 0 unspecified atom stereocenters. The number of aliphatic hydroxyl groups is 1. The number of aromatic nitrogens is 3. The van der Waals surface area contributed by atoms with E-state index in [1.165, 1.54) is 5.56 Å². The van der Waals surface area contributed by atoms with Crippen LogP contribution in [0.3, 0.4) is 0 Å². The van der Waals surface area contributed by atoms with Crippen molar-refractivity contribution in [2.45, 2.75) is 20.4 Å². The van der Waals surface area contributed by atoms with E-state index in [1.54, 1.807) is 6.07 Å². The van der Waals surface area contributed by atoms with Gasteiger partial charge in [-0.3, -0.25) is 4.79 Å². The van der Waals surface area contributed by atoms with Gasteiger partial charge in [0.1, 0.15) is 18.0 Å². The largest absolute Gasteiger partial charge is 0.388 e. The van der Waals surface area contributed by atoms with Crippen molar-refractivity contribution >= 4 is 16.8 Å². The lowest BCUT2D eigenvalue weighted by atomic mass is 9.99. The fraction of sp³-hybridized carbons (Fsp3) is 0.148. The molecule has 6 nitrogen and oxygen atoms in total. The maximum absolute atomic E-state index is 12.1. The van der Waals surface area contributed by atoms with E-state index in [2.05, 4.69) is 34.1 Å². The Labute approximate surface area is 191 Å². The molecular weight excluding hydrogens is 414 g/mol.